The normalized spacial score (nSPS) is 41.4. The lowest BCUT2D eigenvalue weighted by molar-refractivity contribution is -0.659. The number of esters is 1. The van der Waals surface area contributed by atoms with Crippen LogP contribution in [0.25, 0.3) is 0 Å². The van der Waals surface area contributed by atoms with Crippen LogP contribution in [0.5, 0.6) is 0 Å². The molecule has 0 amide bonds. The summed E-state index contributed by atoms with van der Waals surface area (Å²) in [7, 11) is 0. The van der Waals surface area contributed by atoms with Crippen LogP contribution in [-0.4, -0.2) is 36.4 Å². The molecule has 0 aromatic heterocycles. The first-order valence-electron chi connectivity index (χ1n) is 9.89. The number of aliphatic hydroxyl groups excluding tert-OH is 1. The van der Waals surface area contributed by atoms with Gasteiger partial charge < -0.3 is 15.2 Å². The molecule has 0 bridgehead atoms. The highest BCUT2D eigenvalue weighted by Crippen LogP contribution is 2.55. The quantitative estimate of drug-likeness (QED) is 0.443. The summed E-state index contributed by atoms with van der Waals surface area (Å²) in [5, 5.41) is 13.5. The van der Waals surface area contributed by atoms with Crippen molar-refractivity contribution in [1.82, 2.24) is 0 Å². The molecule has 1 saturated carbocycles. The van der Waals surface area contributed by atoms with E-state index in [0.29, 0.717) is 5.92 Å². The van der Waals surface area contributed by atoms with E-state index in [1.54, 1.807) is 0 Å². The number of carbonyl (C=O) groups excluding carboxylic acids is 1. The Bertz CT molecular complexity index is 503. The second-order valence-electron chi connectivity index (χ2n) is 8.32. The molecule has 24 heavy (non-hydrogen) atoms. The van der Waals surface area contributed by atoms with E-state index < -0.39 is 6.10 Å². The number of ether oxygens (including phenoxy) is 1. The number of rotatable bonds is 6. The fourth-order valence-corrected chi connectivity index (χ4v) is 5.17. The molecular formula is C20H34NO3+. The monoisotopic (exact) mass is 336 g/mol. The molecule has 0 aromatic rings. The number of quaternary nitrogens is 1. The third-order valence-corrected chi connectivity index (χ3v) is 7.00. The van der Waals surface area contributed by atoms with Gasteiger partial charge in [0, 0.05) is 17.8 Å². The maximum Gasteiger partial charge on any atom is 0.315 e. The standard InChI is InChI=1S/C20H33NO3/c1-4-5-6-10-21-12-15-17-16(24-19(15)23)11-14-9-7-8-13(2)20(14,3)18(17)22/h9,13,15-18,21-22H,4-8,10-12H2,1-3H3/p+1/t13-,15-,16-,17+,18+,20-/m0/s1. The van der Waals surface area contributed by atoms with Gasteiger partial charge in [-0.1, -0.05) is 38.8 Å². The number of nitrogens with two attached hydrogens (primary N) is 1. The Morgan fingerprint density at radius 2 is 2.21 bits per heavy atom. The lowest BCUT2D eigenvalue weighted by Crippen LogP contribution is -2.86. The van der Waals surface area contributed by atoms with E-state index in [0.717, 1.165) is 32.4 Å². The molecule has 4 heteroatoms. The van der Waals surface area contributed by atoms with Crippen LogP contribution in [0.1, 0.15) is 59.3 Å². The van der Waals surface area contributed by atoms with E-state index in [4.69, 9.17) is 4.74 Å². The maximum atomic E-state index is 12.4. The minimum absolute atomic E-state index is 0.0392. The summed E-state index contributed by atoms with van der Waals surface area (Å²) in [6, 6.07) is 0. The molecule has 3 N–H and O–H groups in total. The summed E-state index contributed by atoms with van der Waals surface area (Å²) < 4.78 is 5.70. The molecule has 1 aliphatic heterocycles. The molecule has 1 saturated heterocycles. The maximum absolute atomic E-state index is 12.4. The molecule has 4 nitrogen and oxygen atoms in total. The second-order valence-corrected chi connectivity index (χ2v) is 8.32. The lowest BCUT2D eigenvalue weighted by Gasteiger charge is -2.51. The summed E-state index contributed by atoms with van der Waals surface area (Å²) in [5.74, 6) is 0.173. The predicted octanol–water partition coefficient (Wildman–Crippen LogP) is 2.02. The molecule has 6 atom stereocenters. The van der Waals surface area contributed by atoms with Gasteiger partial charge in [0.2, 0.25) is 0 Å². The SMILES string of the molecule is CCCCC[NH2+]C[C@@H]1C(=O)O[C@H]2CC3=CCC[C@H](C)[C@]3(C)[C@H](O)[C@@H]21. The second kappa shape index (κ2) is 7.17. The molecule has 0 unspecified atom stereocenters. The Labute approximate surface area is 146 Å². The number of carbonyl (C=O) groups is 1. The van der Waals surface area contributed by atoms with Gasteiger partial charge in [-0.3, -0.25) is 4.79 Å². The fraction of sp³-hybridized carbons (Fsp3) is 0.850. The van der Waals surface area contributed by atoms with E-state index in [1.165, 1.54) is 24.8 Å². The first-order chi connectivity index (χ1) is 11.5. The van der Waals surface area contributed by atoms with Crippen molar-refractivity contribution >= 4 is 5.97 Å². The average molecular weight is 336 g/mol. The Morgan fingerprint density at radius 1 is 1.42 bits per heavy atom. The van der Waals surface area contributed by atoms with Crippen LogP contribution < -0.4 is 5.32 Å². The van der Waals surface area contributed by atoms with Crippen molar-refractivity contribution < 1.29 is 20.0 Å². The summed E-state index contributed by atoms with van der Waals surface area (Å²) in [6.45, 7) is 8.47. The zero-order chi connectivity index (χ0) is 17.3. The molecule has 2 fully saturated rings. The minimum atomic E-state index is -0.474. The van der Waals surface area contributed by atoms with Crippen molar-refractivity contribution in [1.29, 1.82) is 0 Å². The van der Waals surface area contributed by atoms with Gasteiger partial charge in [0.05, 0.1) is 19.2 Å². The summed E-state index contributed by atoms with van der Waals surface area (Å²) in [6.07, 6.45) is 8.37. The van der Waals surface area contributed by atoms with Gasteiger partial charge in [0.15, 0.2) is 0 Å². The molecule has 136 valence electrons. The minimum Gasteiger partial charge on any atom is -0.461 e. The van der Waals surface area contributed by atoms with Crippen LogP contribution in [0.4, 0.5) is 0 Å². The smallest absolute Gasteiger partial charge is 0.315 e. The van der Waals surface area contributed by atoms with E-state index in [2.05, 4.69) is 32.2 Å². The first-order valence-corrected chi connectivity index (χ1v) is 9.89. The lowest BCUT2D eigenvalue weighted by atomic mass is 9.55. The summed E-state index contributed by atoms with van der Waals surface area (Å²) in [4.78, 5) is 12.4. The molecule has 0 aromatic carbocycles. The number of allylic oxidation sites excluding steroid dienone is 1. The third-order valence-electron chi connectivity index (χ3n) is 7.00. The first kappa shape index (κ1) is 17.9. The molecule has 3 aliphatic rings. The van der Waals surface area contributed by atoms with Gasteiger partial charge in [0.25, 0.3) is 0 Å². The highest BCUT2D eigenvalue weighted by molar-refractivity contribution is 5.76. The molecule has 3 rings (SSSR count). The Kier molecular flexibility index (Phi) is 5.36. The summed E-state index contributed by atoms with van der Waals surface area (Å²) in [5.41, 5.74) is 1.13. The molecule has 0 radical (unpaired) electrons. The topological polar surface area (TPSA) is 63.1 Å². The van der Waals surface area contributed by atoms with E-state index in [-0.39, 0.29) is 29.3 Å². The van der Waals surface area contributed by atoms with Crippen LogP contribution in [0, 0.1) is 23.2 Å². The highest BCUT2D eigenvalue weighted by atomic mass is 16.6. The number of unbranched alkanes of at least 4 members (excludes halogenated alkanes) is 2. The van der Waals surface area contributed by atoms with Crippen LogP contribution in [0.2, 0.25) is 0 Å². The summed E-state index contributed by atoms with van der Waals surface area (Å²) >= 11 is 0. The zero-order valence-corrected chi connectivity index (χ0v) is 15.5. The van der Waals surface area contributed by atoms with Gasteiger partial charge in [-0.15, -0.1) is 0 Å². The van der Waals surface area contributed by atoms with Gasteiger partial charge in [-0.05, 0) is 31.6 Å². The van der Waals surface area contributed by atoms with Crippen molar-refractivity contribution in [3.8, 4) is 0 Å². The van der Waals surface area contributed by atoms with Crippen molar-refractivity contribution in [3.63, 3.8) is 0 Å². The number of aliphatic hydroxyl groups is 1. The van der Waals surface area contributed by atoms with Crippen molar-refractivity contribution in [3.05, 3.63) is 11.6 Å². The van der Waals surface area contributed by atoms with Gasteiger partial charge in [-0.25, -0.2) is 0 Å². The fourth-order valence-electron chi connectivity index (χ4n) is 5.17. The van der Waals surface area contributed by atoms with Crippen molar-refractivity contribution in [2.45, 2.75) is 71.5 Å². The number of hydrogen-bond acceptors (Lipinski definition) is 3. The Hall–Kier alpha value is -0.870. The zero-order valence-electron chi connectivity index (χ0n) is 15.5. The number of hydrogen-bond donors (Lipinski definition) is 2. The van der Waals surface area contributed by atoms with Crippen molar-refractivity contribution in [2.24, 2.45) is 23.2 Å². The van der Waals surface area contributed by atoms with Crippen LogP contribution in [0.15, 0.2) is 11.6 Å². The van der Waals surface area contributed by atoms with Crippen LogP contribution in [0.3, 0.4) is 0 Å². The van der Waals surface area contributed by atoms with Gasteiger partial charge >= 0.3 is 5.97 Å². The predicted molar refractivity (Wildman–Crippen MR) is 93.3 cm³/mol. The van der Waals surface area contributed by atoms with Crippen molar-refractivity contribution in [2.75, 3.05) is 13.1 Å². The highest BCUT2D eigenvalue weighted by Gasteiger charge is 2.60. The van der Waals surface area contributed by atoms with Crippen LogP contribution >= 0.6 is 0 Å². The molecular weight excluding hydrogens is 302 g/mol. The molecule has 0 spiro atoms. The molecule has 1 heterocycles. The van der Waals surface area contributed by atoms with E-state index in [1.807, 2.05) is 0 Å². The molecule has 2 aliphatic carbocycles. The van der Waals surface area contributed by atoms with Gasteiger partial charge in [-0.2, -0.15) is 0 Å². The Morgan fingerprint density at radius 3 is 2.96 bits per heavy atom. The Balaban J connectivity index is 1.72. The number of fused-ring (bicyclic) bond motifs is 2. The third kappa shape index (κ3) is 2.92. The van der Waals surface area contributed by atoms with E-state index >= 15 is 0 Å². The van der Waals surface area contributed by atoms with E-state index in [9.17, 15) is 9.90 Å². The van der Waals surface area contributed by atoms with Gasteiger partial charge in [0.1, 0.15) is 12.0 Å². The average Bonchev–Trinajstić information content (AvgIpc) is 2.86. The largest absolute Gasteiger partial charge is 0.461 e. The van der Waals surface area contributed by atoms with Crippen LogP contribution in [-0.2, 0) is 9.53 Å².